The SMILES string of the molecule is CCCNc1cc(C2CC2)nc2c(C)cc(Br)c(F)c12. The molecule has 0 aliphatic heterocycles. The van der Waals surface area contributed by atoms with Crippen molar-refractivity contribution < 1.29 is 4.39 Å². The largest absolute Gasteiger partial charge is 0.384 e. The fourth-order valence-electron chi connectivity index (χ4n) is 2.50. The summed E-state index contributed by atoms with van der Waals surface area (Å²) >= 11 is 3.30. The number of halogens is 2. The van der Waals surface area contributed by atoms with E-state index in [1.807, 2.05) is 19.1 Å². The molecular weight excluding hydrogens is 319 g/mol. The van der Waals surface area contributed by atoms with Gasteiger partial charge in [0.2, 0.25) is 0 Å². The molecule has 0 radical (unpaired) electrons. The fourth-order valence-corrected chi connectivity index (χ4v) is 3.04. The number of nitrogens with zero attached hydrogens (tertiary/aromatic N) is 1. The van der Waals surface area contributed by atoms with E-state index in [9.17, 15) is 4.39 Å². The zero-order valence-corrected chi connectivity index (χ0v) is 13.3. The van der Waals surface area contributed by atoms with E-state index in [2.05, 4.69) is 28.2 Å². The van der Waals surface area contributed by atoms with Gasteiger partial charge in [-0.2, -0.15) is 0 Å². The molecule has 1 aliphatic rings. The van der Waals surface area contributed by atoms with Gasteiger partial charge in [0, 0.05) is 23.8 Å². The van der Waals surface area contributed by atoms with Crippen molar-refractivity contribution in [1.29, 1.82) is 0 Å². The molecule has 1 aliphatic carbocycles. The van der Waals surface area contributed by atoms with E-state index in [-0.39, 0.29) is 5.82 Å². The highest BCUT2D eigenvalue weighted by Gasteiger charge is 2.27. The van der Waals surface area contributed by atoms with Crippen LogP contribution in [0.2, 0.25) is 0 Å². The summed E-state index contributed by atoms with van der Waals surface area (Å²) in [6.45, 7) is 4.93. The van der Waals surface area contributed by atoms with E-state index in [0.717, 1.165) is 35.4 Å². The number of hydrogen-bond donors (Lipinski definition) is 1. The third kappa shape index (κ3) is 2.41. The molecule has 1 heterocycles. The van der Waals surface area contributed by atoms with Gasteiger partial charge in [-0.3, -0.25) is 4.98 Å². The monoisotopic (exact) mass is 336 g/mol. The molecule has 2 nitrogen and oxygen atoms in total. The Balaban J connectivity index is 2.25. The summed E-state index contributed by atoms with van der Waals surface area (Å²) in [5.41, 5.74) is 3.77. The zero-order chi connectivity index (χ0) is 14.3. The van der Waals surface area contributed by atoms with Gasteiger partial charge in [-0.15, -0.1) is 0 Å². The van der Waals surface area contributed by atoms with Gasteiger partial charge in [0.1, 0.15) is 5.82 Å². The van der Waals surface area contributed by atoms with Crippen LogP contribution in [0, 0.1) is 12.7 Å². The second-order valence-electron chi connectivity index (χ2n) is 5.51. The van der Waals surface area contributed by atoms with E-state index in [4.69, 9.17) is 4.98 Å². The van der Waals surface area contributed by atoms with Gasteiger partial charge in [-0.1, -0.05) is 6.92 Å². The lowest BCUT2D eigenvalue weighted by Gasteiger charge is -2.14. The van der Waals surface area contributed by atoms with Crippen molar-refractivity contribution in [2.45, 2.75) is 39.0 Å². The Bertz CT molecular complexity index is 665. The Hall–Kier alpha value is -1.16. The Labute approximate surface area is 126 Å². The minimum absolute atomic E-state index is 0.223. The number of pyridine rings is 1. The quantitative estimate of drug-likeness (QED) is 0.835. The predicted octanol–water partition coefficient (Wildman–Crippen LogP) is 5.14. The van der Waals surface area contributed by atoms with E-state index in [0.29, 0.717) is 15.8 Å². The van der Waals surface area contributed by atoms with E-state index >= 15 is 0 Å². The summed E-state index contributed by atoms with van der Waals surface area (Å²) in [4.78, 5) is 4.71. The highest BCUT2D eigenvalue weighted by atomic mass is 79.9. The number of hydrogen-bond acceptors (Lipinski definition) is 2. The lowest BCUT2D eigenvalue weighted by atomic mass is 10.1. The van der Waals surface area contributed by atoms with Crippen LogP contribution in [0.15, 0.2) is 16.6 Å². The highest BCUT2D eigenvalue weighted by molar-refractivity contribution is 9.10. The van der Waals surface area contributed by atoms with Crippen LogP contribution in [0.5, 0.6) is 0 Å². The molecule has 1 aromatic carbocycles. The molecule has 4 heteroatoms. The summed E-state index contributed by atoms with van der Waals surface area (Å²) in [5.74, 6) is 0.340. The summed E-state index contributed by atoms with van der Waals surface area (Å²) < 4.78 is 15.0. The minimum atomic E-state index is -0.223. The zero-order valence-electron chi connectivity index (χ0n) is 11.8. The number of aromatic nitrogens is 1. The lowest BCUT2D eigenvalue weighted by Crippen LogP contribution is -2.04. The number of fused-ring (bicyclic) bond motifs is 1. The number of anilines is 1. The van der Waals surface area contributed by atoms with Crippen LogP contribution in [0.4, 0.5) is 10.1 Å². The average molecular weight is 337 g/mol. The Kier molecular flexibility index (Phi) is 3.67. The van der Waals surface area contributed by atoms with Gasteiger partial charge >= 0.3 is 0 Å². The van der Waals surface area contributed by atoms with Crippen molar-refractivity contribution in [1.82, 2.24) is 4.98 Å². The molecule has 1 N–H and O–H groups in total. The second kappa shape index (κ2) is 5.32. The first-order valence-corrected chi connectivity index (χ1v) is 7.94. The summed E-state index contributed by atoms with van der Waals surface area (Å²) in [6, 6.07) is 3.84. The van der Waals surface area contributed by atoms with Crippen molar-refractivity contribution in [3.8, 4) is 0 Å². The third-order valence-electron chi connectivity index (χ3n) is 3.75. The van der Waals surface area contributed by atoms with E-state index < -0.39 is 0 Å². The Morgan fingerprint density at radius 3 is 2.80 bits per heavy atom. The number of benzene rings is 1. The molecule has 1 aromatic heterocycles. The first-order chi connectivity index (χ1) is 9.61. The van der Waals surface area contributed by atoms with Gasteiger partial charge in [0.05, 0.1) is 15.4 Å². The molecule has 20 heavy (non-hydrogen) atoms. The standard InChI is InChI=1S/C16H18BrFN2/c1-3-6-19-13-8-12(10-4-5-10)20-16-9(2)7-11(17)15(18)14(13)16/h7-8,10H,3-6H2,1-2H3,(H,19,20). The maximum absolute atomic E-state index is 14.5. The van der Waals surface area contributed by atoms with Crippen molar-refractivity contribution in [2.24, 2.45) is 0 Å². The molecule has 3 rings (SSSR count). The first-order valence-electron chi connectivity index (χ1n) is 7.15. The van der Waals surface area contributed by atoms with Crippen molar-refractivity contribution >= 4 is 32.5 Å². The Morgan fingerprint density at radius 2 is 2.15 bits per heavy atom. The molecule has 0 saturated heterocycles. The third-order valence-corrected chi connectivity index (χ3v) is 4.32. The molecule has 0 bridgehead atoms. The van der Waals surface area contributed by atoms with Gasteiger partial charge in [0.15, 0.2) is 0 Å². The predicted molar refractivity (Wildman–Crippen MR) is 84.9 cm³/mol. The topological polar surface area (TPSA) is 24.9 Å². The van der Waals surface area contributed by atoms with Crippen LogP contribution in [-0.2, 0) is 0 Å². The summed E-state index contributed by atoms with van der Waals surface area (Å²) in [6.07, 6.45) is 3.41. The lowest BCUT2D eigenvalue weighted by molar-refractivity contribution is 0.632. The molecule has 1 saturated carbocycles. The molecule has 1 fully saturated rings. The molecule has 106 valence electrons. The van der Waals surface area contributed by atoms with Gasteiger partial charge in [-0.25, -0.2) is 4.39 Å². The summed E-state index contributed by atoms with van der Waals surface area (Å²) in [7, 11) is 0. The van der Waals surface area contributed by atoms with Crippen LogP contribution < -0.4 is 5.32 Å². The number of nitrogens with one attached hydrogen (secondary N) is 1. The van der Waals surface area contributed by atoms with Crippen LogP contribution >= 0.6 is 15.9 Å². The molecular formula is C16H18BrFN2. The smallest absolute Gasteiger partial charge is 0.148 e. The van der Waals surface area contributed by atoms with Crippen LogP contribution in [0.1, 0.15) is 43.4 Å². The second-order valence-corrected chi connectivity index (χ2v) is 6.36. The maximum atomic E-state index is 14.5. The molecule has 0 atom stereocenters. The van der Waals surface area contributed by atoms with Crippen molar-refractivity contribution in [3.05, 3.63) is 33.7 Å². The average Bonchev–Trinajstić information content (AvgIpc) is 3.26. The van der Waals surface area contributed by atoms with Crippen LogP contribution in [-0.4, -0.2) is 11.5 Å². The molecule has 0 amide bonds. The minimum Gasteiger partial charge on any atom is -0.384 e. The molecule has 0 unspecified atom stereocenters. The fraction of sp³-hybridized carbons (Fsp3) is 0.438. The normalized spacial score (nSPS) is 14.8. The van der Waals surface area contributed by atoms with Crippen LogP contribution in [0.25, 0.3) is 10.9 Å². The molecule has 2 aromatic rings. The molecule has 0 spiro atoms. The van der Waals surface area contributed by atoms with Crippen molar-refractivity contribution in [2.75, 3.05) is 11.9 Å². The number of rotatable bonds is 4. The number of aryl methyl sites for hydroxylation is 1. The summed E-state index contributed by atoms with van der Waals surface area (Å²) in [5, 5.41) is 3.96. The van der Waals surface area contributed by atoms with Crippen molar-refractivity contribution in [3.63, 3.8) is 0 Å². The van der Waals surface area contributed by atoms with E-state index in [1.54, 1.807) is 0 Å². The first kappa shape index (κ1) is 13.8. The van der Waals surface area contributed by atoms with Gasteiger partial charge in [0.25, 0.3) is 0 Å². The van der Waals surface area contributed by atoms with Gasteiger partial charge < -0.3 is 5.32 Å². The highest BCUT2D eigenvalue weighted by Crippen LogP contribution is 2.42. The Morgan fingerprint density at radius 1 is 1.40 bits per heavy atom. The maximum Gasteiger partial charge on any atom is 0.148 e. The van der Waals surface area contributed by atoms with Crippen LogP contribution in [0.3, 0.4) is 0 Å². The van der Waals surface area contributed by atoms with E-state index in [1.165, 1.54) is 12.8 Å². The van der Waals surface area contributed by atoms with Gasteiger partial charge in [-0.05, 0) is 59.8 Å².